The number of rotatable bonds is 4. The molecule has 2 aliphatic heterocycles. The van der Waals surface area contributed by atoms with Crippen molar-refractivity contribution in [1.82, 2.24) is 4.90 Å². The van der Waals surface area contributed by atoms with Gasteiger partial charge in [0.15, 0.2) is 15.0 Å². The summed E-state index contributed by atoms with van der Waals surface area (Å²) in [5.41, 5.74) is 0. The molecule has 20 heavy (non-hydrogen) atoms. The van der Waals surface area contributed by atoms with Gasteiger partial charge in [-0.15, -0.1) is 0 Å². The van der Waals surface area contributed by atoms with Gasteiger partial charge < -0.3 is 10.0 Å². The van der Waals surface area contributed by atoms with Crippen LogP contribution in [-0.2, 0) is 19.4 Å². The number of carbonyl (C=O) groups is 2. The van der Waals surface area contributed by atoms with E-state index in [-0.39, 0.29) is 35.6 Å². The minimum absolute atomic E-state index is 0.0778. The van der Waals surface area contributed by atoms with Crippen LogP contribution in [0.25, 0.3) is 0 Å². The van der Waals surface area contributed by atoms with Gasteiger partial charge in [0.05, 0.1) is 24.0 Å². The Morgan fingerprint density at radius 3 is 2.70 bits per heavy atom. The van der Waals surface area contributed by atoms with Gasteiger partial charge in [0.1, 0.15) is 0 Å². The summed E-state index contributed by atoms with van der Waals surface area (Å²) in [6, 6.07) is -0.124. The van der Waals surface area contributed by atoms with Crippen LogP contribution in [-0.4, -0.2) is 64.8 Å². The topological polar surface area (TPSA) is 104 Å². The fraction of sp³-hybridized carbons (Fsp3) is 0.727. The zero-order chi connectivity index (χ0) is 14.9. The molecule has 2 atom stereocenters. The monoisotopic (exact) mass is 320 g/mol. The molecule has 2 saturated heterocycles. The van der Waals surface area contributed by atoms with Crippen LogP contribution < -0.4 is 0 Å². The maximum Gasteiger partial charge on any atom is 0.303 e. The van der Waals surface area contributed by atoms with Gasteiger partial charge in [-0.05, 0) is 6.92 Å². The van der Waals surface area contributed by atoms with Crippen molar-refractivity contribution in [2.24, 2.45) is 4.99 Å². The number of carboxylic acids is 1. The Morgan fingerprint density at radius 1 is 1.40 bits per heavy atom. The summed E-state index contributed by atoms with van der Waals surface area (Å²) in [5, 5.41) is 8.97. The molecule has 0 aromatic carbocycles. The van der Waals surface area contributed by atoms with Crippen molar-refractivity contribution < 1.29 is 23.1 Å². The molecule has 1 amide bonds. The number of sulfone groups is 1. The number of aliphatic carboxylic acids is 1. The lowest BCUT2D eigenvalue weighted by Crippen LogP contribution is -2.37. The molecule has 2 heterocycles. The largest absolute Gasteiger partial charge is 0.481 e. The van der Waals surface area contributed by atoms with E-state index in [4.69, 9.17) is 5.11 Å². The second kappa shape index (κ2) is 5.72. The van der Waals surface area contributed by atoms with Crippen molar-refractivity contribution in [3.63, 3.8) is 0 Å². The number of hydrogen-bond acceptors (Lipinski definition) is 5. The second-order valence-corrected chi connectivity index (χ2v) is 8.13. The van der Waals surface area contributed by atoms with Crippen molar-refractivity contribution in [3.8, 4) is 0 Å². The van der Waals surface area contributed by atoms with Crippen LogP contribution in [0.3, 0.4) is 0 Å². The Hall–Kier alpha value is -1.09. The summed E-state index contributed by atoms with van der Waals surface area (Å²) in [6.45, 7) is 2.46. The zero-order valence-electron chi connectivity index (χ0n) is 11.0. The Labute approximate surface area is 121 Å². The highest BCUT2D eigenvalue weighted by Gasteiger charge is 2.48. The highest BCUT2D eigenvalue weighted by Crippen LogP contribution is 2.37. The van der Waals surface area contributed by atoms with E-state index in [9.17, 15) is 18.0 Å². The van der Waals surface area contributed by atoms with Gasteiger partial charge in [0.25, 0.3) is 0 Å². The van der Waals surface area contributed by atoms with E-state index in [2.05, 4.69) is 4.99 Å². The van der Waals surface area contributed by atoms with Crippen LogP contribution in [0, 0.1) is 0 Å². The van der Waals surface area contributed by atoms with Gasteiger partial charge in [-0.25, -0.2) is 8.42 Å². The zero-order valence-corrected chi connectivity index (χ0v) is 12.6. The third kappa shape index (κ3) is 3.32. The SMILES string of the molecule is CCN1C(=NC(=O)CCC(=O)O)S[C@H]2CS(=O)(=O)C[C@H]21. The second-order valence-electron chi connectivity index (χ2n) is 4.77. The van der Waals surface area contributed by atoms with E-state index in [1.807, 2.05) is 11.8 Å². The molecule has 0 saturated carbocycles. The van der Waals surface area contributed by atoms with E-state index in [0.717, 1.165) is 0 Å². The molecule has 2 aliphatic rings. The first-order valence-corrected chi connectivity index (χ1v) is 8.99. The summed E-state index contributed by atoms with van der Waals surface area (Å²) in [4.78, 5) is 27.8. The van der Waals surface area contributed by atoms with Crippen LogP contribution in [0.15, 0.2) is 4.99 Å². The van der Waals surface area contributed by atoms with Crippen LogP contribution in [0.4, 0.5) is 0 Å². The summed E-state index contributed by atoms with van der Waals surface area (Å²) in [6.07, 6.45) is -0.377. The highest BCUT2D eigenvalue weighted by atomic mass is 32.2. The molecule has 0 aromatic rings. The summed E-state index contributed by atoms with van der Waals surface area (Å²) in [5.74, 6) is -1.30. The van der Waals surface area contributed by atoms with E-state index < -0.39 is 21.7 Å². The molecule has 0 radical (unpaired) electrons. The first-order valence-electron chi connectivity index (χ1n) is 6.29. The van der Waals surface area contributed by atoms with E-state index in [0.29, 0.717) is 11.7 Å². The minimum Gasteiger partial charge on any atom is -0.481 e. The lowest BCUT2D eigenvalue weighted by Gasteiger charge is -2.22. The molecular weight excluding hydrogens is 304 g/mol. The quantitative estimate of drug-likeness (QED) is 0.775. The summed E-state index contributed by atoms with van der Waals surface area (Å²) < 4.78 is 23.2. The molecule has 0 unspecified atom stereocenters. The molecule has 0 bridgehead atoms. The molecule has 9 heteroatoms. The molecule has 0 aliphatic carbocycles. The van der Waals surface area contributed by atoms with Gasteiger partial charge in [-0.1, -0.05) is 11.8 Å². The summed E-state index contributed by atoms with van der Waals surface area (Å²) >= 11 is 1.31. The van der Waals surface area contributed by atoms with Gasteiger partial charge in [0.2, 0.25) is 5.91 Å². The maximum atomic E-state index is 11.6. The van der Waals surface area contributed by atoms with E-state index in [1.165, 1.54) is 11.8 Å². The number of amides is 1. The normalized spacial score (nSPS) is 29.6. The third-order valence-corrected chi connectivity index (χ3v) is 6.54. The first kappa shape index (κ1) is 15.3. The lowest BCUT2D eigenvalue weighted by molar-refractivity contribution is -0.138. The van der Waals surface area contributed by atoms with Crippen molar-refractivity contribution in [2.45, 2.75) is 31.1 Å². The average molecular weight is 320 g/mol. The molecular formula is C11H16N2O5S2. The fourth-order valence-corrected chi connectivity index (χ4v) is 6.41. The van der Waals surface area contributed by atoms with Crippen molar-refractivity contribution in [2.75, 3.05) is 18.1 Å². The lowest BCUT2D eigenvalue weighted by atomic mass is 10.2. The molecule has 2 fully saturated rings. The maximum absolute atomic E-state index is 11.6. The fourth-order valence-electron chi connectivity index (χ4n) is 2.38. The number of thioether (sulfide) groups is 1. The van der Waals surface area contributed by atoms with Crippen LogP contribution in [0.1, 0.15) is 19.8 Å². The van der Waals surface area contributed by atoms with Crippen molar-refractivity contribution in [3.05, 3.63) is 0 Å². The number of carboxylic acid groups (broad SMARTS) is 1. The Morgan fingerprint density at radius 2 is 2.10 bits per heavy atom. The Kier molecular flexibility index (Phi) is 4.38. The number of amidine groups is 1. The van der Waals surface area contributed by atoms with E-state index >= 15 is 0 Å². The summed E-state index contributed by atoms with van der Waals surface area (Å²) in [7, 11) is -3.00. The molecule has 0 spiro atoms. The predicted molar refractivity (Wildman–Crippen MR) is 75.5 cm³/mol. The number of nitrogens with zero attached hydrogens (tertiary/aromatic N) is 2. The number of carbonyl (C=O) groups excluding carboxylic acids is 1. The van der Waals surface area contributed by atoms with E-state index in [1.54, 1.807) is 0 Å². The van der Waals surface area contributed by atoms with Gasteiger partial charge in [-0.2, -0.15) is 4.99 Å². The standard InChI is InChI=1S/C11H16N2O5S2/c1-2-13-7-5-20(17,18)6-8(7)19-11(13)12-9(14)3-4-10(15)16/h7-8H,2-6H2,1H3,(H,15,16)/t7-,8+/m1/s1. The first-order chi connectivity index (χ1) is 9.32. The predicted octanol–water partition coefficient (Wildman–Crippen LogP) is -0.0319. The van der Waals surface area contributed by atoms with Crippen LogP contribution in [0.2, 0.25) is 0 Å². The van der Waals surface area contributed by atoms with Crippen molar-refractivity contribution >= 4 is 38.6 Å². The molecule has 7 nitrogen and oxygen atoms in total. The van der Waals surface area contributed by atoms with Gasteiger partial charge >= 0.3 is 5.97 Å². The smallest absolute Gasteiger partial charge is 0.303 e. The highest BCUT2D eigenvalue weighted by molar-refractivity contribution is 8.15. The van der Waals surface area contributed by atoms with Gasteiger partial charge in [0, 0.05) is 18.2 Å². The minimum atomic E-state index is -3.00. The molecule has 2 rings (SSSR count). The Bertz CT molecular complexity index is 557. The Balaban J connectivity index is 2.07. The molecule has 1 N–H and O–H groups in total. The van der Waals surface area contributed by atoms with Crippen LogP contribution in [0.5, 0.6) is 0 Å². The van der Waals surface area contributed by atoms with Gasteiger partial charge in [-0.3, -0.25) is 9.59 Å². The van der Waals surface area contributed by atoms with Crippen LogP contribution >= 0.6 is 11.8 Å². The third-order valence-electron chi connectivity index (χ3n) is 3.29. The molecule has 112 valence electrons. The average Bonchev–Trinajstić information content (AvgIpc) is 2.77. The number of hydrogen-bond donors (Lipinski definition) is 1. The number of fused-ring (bicyclic) bond motifs is 1. The number of aliphatic imine (C=N–C) groups is 1. The van der Waals surface area contributed by atoms with Crippen molar-refractivity contribution in [1.29, 1.82) is 0 Å². The molecule has 0 aromatic heterocycles.